The molecule has 1 aromatic carbocycles. The fourth-order valence-corrected chi connectivity index (χ4v) is 2.62. The number of ether oxygens (including phenoxy) is 2. The molecule has 0 N–H and O–H groups in total. The topological polar surface area (TPSA) is 55.8 Å². The molecule has 0 spiro atoms. The predicted molar refractivity (Wildman–Crippen MR) is 77.8 cm³/mol. The highest BCUT2D eigenvalue weighted by molar-refractivity contribution is 5.83. The summed E-state index contributed by atoms with van der Waals surface area (Å²) in [7, 11) is 1.38. The lowest BCUT2D eigenvalue weighted by Gasteiger charge is -2.21. The lowest BCUT2D eigenvalue weighted by atomic mass is 9.99. The van der Waals surface area contributed by atoms with Gasteiger partial charge < -0.3 is 14.4 Å². The van der Waals surface area contributed by atoms with Crippen LogP contribution in [-0.4, -0.2) is 43.1 Å². The minimum absolute atomic E-state index is 0.0999. The van der Waals surface area contributed by atoms with E-state index in [0.29, 0.717) is 18.8 Å². The van der Waals surface area contributed by atoms with Crippen LogP contribution < -0.4 is 4.74 Å². The molecule has 1 aromatic rings. The van der Waals surface area contributed by atoms with Crippen molar-refractivity contribution < 1.29 is 19.1 Å². The molecule has 21 heavy (non-hydrogen) atoms. The number of methoxy groups -OCH3 is 1. The molecule has 5 nitrogen and oxygen atoms in total. The van der Waals surface area contributed by atoms with Crippen molar-refractivity contribution in [3.63, 3.8) is 0 Å². The monoisotopic (exact) mass is 291 g/mol. The summed E-state index contributed by atoms with van der Waals surface area (Å²) in [5, 5.41) is 0. The molecule has 0 radical (unpaired) electrons. The van der Waals surface area contributed by atoms with Gasteiger partial charge in [-0.25, -0.2) is 0 Å². The molecule has 3 atom stereocenters. The maximum Gasteiger partial charge on any atom is 0.310 e. The van der Waals surface area contributed by atoms with Crippen LogP contribution >= 0.6 is 0 Å². The zero-order valence-electron chi connectivity index (χ0n) is 12.6. The highest BCUT2D eigenvalue weighted by Crippen LogP contribution is 2.25. The molecule has 0 saturated carbocycles. The van der Waals surface area contributed by atoms with Gasteiger partial charge in [0.2, 0.25) is 0 Å². The van der Waals surface area contributed by atoms with Gasteiger partial charge in [-0.05, 0) is 25.0 Å². The van der Waals surface area contributed by atoms with E-state index in [0.717, 1.165) is 0 Å². The van der Waals surface area contributed by atoms with Crippen molar-refractivity contribution in [2.45, 2.75) is 20.0 Å². The van der Waals surface area contributed by atoms with Crippen LogP contribution in [0.25, 0.3) is 0 Å². The van der Waals surface area contributed by atoms with Gasteiger partial charge >= 0.3 is 5.97 Å². The maximum atomic E-state index is 12.4. The summed E-state index contributed by atoms with van der Waals surface area (Å²) in [4.78, 5) is 25.7. The first-order valence-corrected chi connectivity index (χ1v) is 7.11. The van der Waals surface area contributed by atoms with Crippen LogP contribution in [-0.2, 0) is 14.3 Å². The molecular weight excluding hydrogens is 270 g/mol. The zero-order chi connectivity index (χ0) is 15.4. The van der Waals surface area contributed by atoms with Gasteiger partial charge in [0.05, 0.1) is 13.0 Å². The number of para-hydroxylation sites is 1. The summed E-state index contributed by atoms with van der Waals surface area (Å²) >= 11 is 0. The van der Waals surface area contributed by atoms with E-state index in [1.165, 1.54) is 7.11 Å². The molecule has 0 aromatic heterocycles. The Morgan fingerprint density at radius 2 is 1.90 bits per heavy atom. The number of benzene rings is 1. The van der Waals surface area contributed by atoms with E-state index in [9.17, 15) is 9.59 Å². The fraction of sp³-hybridized carbons (Fsp3) is 0.500. The maximum absolute atomic E-state index is 12.4. The largest absolute Gasteiger partial charge is 0.481 e. The number of likely N-dealkylation sites (tertiary alicyclic amines) is 1. The SMILES string of the molecule is COC(=O)C1CN(C(=O)C(C)Oc2ccccc2)CC1C. The summed E-state index contributed by atoms with van der Waals surface area (Å²) in [6.45, 7) is 4.64. The molecule has 1 aliphatic heterocycles. The van der Waals surface area contributed by atoms with Crippen LogP contribution in [0.2, 0.25) is 0 Å². The van der Waals surface area contributed by atoms with Gasteiger partial charge in [0.1, 0.15) is 5.75 Å². The van der Waals surface area contributed by atoms with E-state index in [-0.39, 0.29) is 23.7 Å². The number of hydrogen-bond donors (Lipinski definition) is 0. The van der Waals surface area contributed by atoms with Gasteiger partial charge in [-0.2, -0.15) is 0 Å². The molecule has 1 saturated heterocycles. The predicted octanol–water partition coefficient (Wildman–Crippen LogP) is 1.72. The van der Waals surface area contributed by atoms with Gasteiger partial charge in [0.15, 0.2) is 6.10 Å². The molecule has 114 valence electrons. The molecule has 0 bridgehead atoms. The highest BCUT2D eigenvalue weighted by Gasteiger charge is 2.39. The lowest BCUT2D eigenvalue weighted by Crippen LogP contribution is -2.39. The smallest absolute Gasteiger partial charge is 0.310 e. The highest BCUT2D eigenvalue weighted by atomic mass is 16.5. The second-order valence-electron chi connectivity index (χ2n) is 5.42. The third kappa shape index (κ3) is 3.54. The molecule has 3 unspecified atom stereocenters. The van der Waals surface area contributed by atoms with Crippen molar-refractivity contribution >= 4 is 11.9 Å². The molecule has 1 fully saturated rings. The molecule has 1 heterocycles. The fourth-order valence-electron chi connectivity index (χ4n) is 2.62. The molecule has 5 heteroatoms. The Morgan fingerprint density at radius 1 is 1.24 bits per heavy atom. The Balaban J connectivity index is 1.96. The minimum Gasteiger partial charge on any atom is -0.481 e. The lowest BCUT2D eigenvalue weighted by molar-refractivity contribution is -0.146. The third-order valence-electron chi connectivity index (χ3n) is 3.83. The Hall–Kier alpha value is -2.04. The van der Waals surface area contributed by atoms with E-state index in [1.54, 1.807) is 11.8 Å². The minimum atomic E-state index is -0.573. The molecule has 0 aliphatic carbocycles. The Kier molecular flexibility index (Phi) is 4.83. The van der Waals surface area contributed by atoms with Crippen LogP contribution in [0.4, 0.5) is 0 Å². The van der Waals surface area contributed by atoms with Gasteiger partial charge in [-0.15, -0.1) is 0 Å². The Morgan fingerprint density at radius 3 is 2.52 bits per heavy atom. The summed E-state index contributed by atoms with van der Waals surface area (Å²) in [6.07, 6.45) is -0.573. The van der Waals surface area contributed by atoms with E-state index >= 15 is 0 Å². The second kappa shape index (κ2) is 6.61. The van der Waals surface area contributed by atoms with Crippen LogP contribution in [0.1, 0.15) is 13.8 Å². The average Bonchev–Trinajstić information content (AvgIpc) is 2.88. The first-order valence-electron chi connectivity index (χ1n) is 7.11. The Labute approximate surface area is 124 Å². The first-order chi connectivity index (χ1) is 10.0. The quantitative estimate of drug-likeness (QED) is 0.793. The molecule has 1 amide bonds. The number of carbonyl (C=O) groups excluding carboxylic acids is 2. The van der Waals surface area contributed by atoms with Gasteiger partial charge in [-0.1, -0.05) is 25.1 Å². The number of carbonyl (C=O) groups is 2. The number of rotatable bonds is 4. The molecule has 1 aliphatic rings. The summed E-state index contributed by atoms with van der Waals surface area (Å²) in [5.74, 6) is 0.162. The van der Waals surface area contributed by atoms with Crippen molar-refractivity contribution in [1.82, 2.24) is 4.90 Å². The van der Waals surface area contributed by atoms with Crippen molar-refractivity contribution in [1.29, 1.82) is 0 Å². The van der Waals surface area contributed by atoms with Gasteiger partial charge in [0, 0.05) is 13.1 Å². The van der Waals surface area contributed by atoms with Crippen molar-refractivity contribution in [2.24, 2.45) is 11.8 Å². The third-order valence-corrected chi connectivity index (χ3v) is 3.83. The van der Waals surface area contributed by atoms with E-state index < -0.39 is 6.10 Å². The van der Waals surface area contributed by atoms with Gasteiger partial charge in [-0.3, -0.25) is 9.59 Å². The van der Waals surface area contributed by atoms with E-state index in [4.69, 9.17) is 9.47 Å². The normalized spacial score (nSPS) is 22.7. The number of esters is 1. The zero-order valence-corrected chi connectivity index (χ0v) is 12.6. The second-order valence-corrected chi connectivity index (χ2v) is 5.42. The van der Waals surface area contributed by atoms with Crippen molar-refractivity contribution in [3.8, 4) is 5.75 Å². The number of nitrogens with zero attached hydrogens (tertiary/aromatic N) is 1. The van der Waals surface area contributed by atoms with E-state index in [2.05, 4.69) is 0 Å². The number of amides is 1. The summed E-state index contributed by atoms with van der Waals surface area (Å²) in [6, 6.07) is 9.24. The first kappa shape index (κ1) is 15.4. The standard InChI is InChI=1S/C16H21NO4/c1-11-9-17(10-14(11)16(19)20-3)15(18)12(2)21-13-7-5-4-6-8-13/h4-8,11-12,14H,9-10H2,1-3H3. The van der Waals surface area contributed by atoms with Crippen LogP contribution in [0, 0.1) is 11.8 Å². The average molecular weight is 291 g/mol. The number of hydrogen-bond acceptors (Lipinski definition) is 4. The van der Waals surface area contributed by atoms with Crippen LogP contribution in [0.5, 0.6) is 5.75 Å². The van der Waals surface area contributed by atoms with Crippen molar-refractivity contribution in [3.05, 3.63) is 30.3 Å². The summed E-state index contributed by atoms with van der Waals surface area (Å²) in [5.41, 5.74) is 0. The molecular formula is C16H21NO4. The van der Waals surface area contributed by atoms with Gasteiger partial charge in [0.25, 0.3) is 5.91 Å². The molecule has 2 rings (SSSR count). The summed E-state index contributed by atoms with van der Waals surface area (Å²) < 4.78 is 10.4. The van der Waals surface area contributed by atoms with Crippen molar-refractivity contribution in [2.75, 3.05) is 20.2 Å². The van der Waals surface area contributed by atoms with Crippen LogP contribution in [0.15, 0.2) is 30.3 Å². The van der Waals surface area contributed by atoms with Crippen LogP contribution in [0.3, 0.4) is 0 Å². The Bertz CT molecular complexity index is 502. The van der Waals surface area contributed by atoms with E-state index in [1.807, 2.05) is 37.3 Å².